The predicted octanol–water partition coefficient (Wildman–Crippen LogP) is 3.38. The summed E-state index contributed by atoms with van der Waals surface area (Å²) in [6.07, 6.45) is 0. The van der Waals surface area contributed by atoms with Gasteiger partial charge in [0.2, 0.25) is 5.75 Å². The molecule has 3 heteroatoms. The molecule has 3 nitrogen and oxygen atoms in total. The number of hydrogen-bond donors (Lipinski definition) is 0. The molecular formula is C14H13O3+. The lowest BCUT2D eigenvalue weighted by Gasteiger charge is -2.04. The van der Waals surface area contributed by atoms with Gasteiger partial charge in [0, 0.05) is 12.1 Å². The average Bonchev–Trinajstić information content (AvgIpc) is 2.32. The molecular weight excluding hydrogens is 216 g/mol. The van der Waals surface area contributed by atoms with E-state index in [4.69, 9.17) is 14.3 Å². The van der Waals surface area contributed by atoms with Crippen LogP contribution < -0.4 is 9.47 Å². The Bertz CT molecular complexity index is 489. The highest BCUT2D eigenvalue weighted by Crippen LogP contribution is 2.23. The van der Waals surface area contributed by atoms with E-state index in [0.717, 1.165) is 11.5 Å². The van der Waals surface area contributed by atoms with Crippen molar-refractivity contribution in [2.75, 3.05) is 0 Å². The van der Waals surface area contributed by atoms with Crippen molar-refractivity contribution in [3.8, 4) is 17.2 Å². The van der Waals surface area contributed by atoms with Crippen molar-refractivity contribution in [2.45, 2.75) is 6.92 Å². The molecule has 0 saturated heterocycles. The van der Waals surface area contributed by atoms with Crippen molar-refractivity contribution in [2.24, 2.45) is 0 Å². The molecule has 17 heavy (non-hydrogen) atoms. The molecule has 0 heterocycles. The summed E-state index contributed by atoms with van der Waals surface area (Å²) in [7, 11) is 0. The number of carbonyl (C=O) groups excluding carboxylic acids is 1. The average molecular weight is 229 g/mol. The van der Waals surface area contributed by atoms with E-state index in [-0.39, 0.29) is 5.97 Å². The van der Waals surface area contributed by atoms with Gasteiger partial charge < -0.3 is 9.53 Å². The summed E-state index contributed by atoms with van der Waals surface area (Å²) in [5, 5.41) is 0. The van der Waals surface area contributed by atoms with Gasteiger partial charge in [-0.1, -0.05) is 18.2 Å². The minimum absolute atomic E-state index is 0.0817. The van der Waals surface area contributed by atoms with Gasteiger partial charge >= 0.3 is 5.97 Å². The van der Waals surface area contributed by atoms with Crippen LogP contribution in [0.1, 0.15) is 6.92 Å². The Labute approximate surface area is 99.6 Å². The smallest absolute Gasteiger partial charge is 0.457 e. The third kappa shape index (κ3) is 3.34. The van der Waals surface area contributed by atoms with E-state index in [1.54, 1.807) is 24.3 Å². The number of rotatable bonds is 3. The van der Waals surface area contributed by atoms with Crippen LogP contribution in [0.2, 0.25) is 0 Å². The molecule has 1 N–H and O–H groups in total. The number of esters is 1. The first-order valence-electron chi connectivity index (χ1n) is 5.27. The van der Waals surface area contributed by atoms with E-state index < -0.39 is 0 Å². The largest absolute Gasteiger partial charge is 0.485 e. The summed E-state index contributed by atoms with van der Waals surface area (Å²) in [6, 6.07) is 16.6. The first-order valence-corrected chi connectivity index (χ1v) is 5.27. The lowest BCUT2D eigenvalue weighted by molar-refractivity contribution is 0.457. The molecule has 0 fully saturated rings. The maximum atomic E-state index is 8.97. The molecule has 0 radical (unpaired) electrons. The van der Waals surface area contributed by atoms with Crippen LogP contribution >= 0.6 is 0 Å². The standard InChI is InChI=1S/C14H12O3/c1-11(15)16-13-7-9-14(10-8-13)17-12-5-3-2-4-6-12/h2-10H,1H3/p+1. The van der Waals surface area contributed by atoms with Crippen LogP contribution in [0.15, 0.2) is 54.6 Å². The fourth-order valence-electron chi connectivity index (χ4n) is 1.37. The van der Waals surface area contributed by atoms with Gasteiger partial charge in [-0.15, -0.1) is 0 Å². The van der Waals surface area contributed by atoms with Crippen molar-refractivity contribution in [3.05, 3.63) is 54.6 Å². The highest BCUT2D eigenvalue weighted by atomic mass is 16.5. The Kier molecular flexibility index (Phi) is 3.40. The van der Waals surface area contributed by atoms with Crippen molar-refractivity contribution in [1.29, 1.82) is 0 Å². The number of ether oxygens (including phenoxy) is 2. The van der Waals surface area contributed by atoms with Gasteiger partial charge in [-0.05, 0) is 24.3 Å². The van der Waals surface area contributed by atoms with Crippen molar-refractivity contribution >= 4 is 5.97 Å². The van der Waals surface area contributed by atoms with Gasteiger partial charge in [-0.2, -0.15) is 0 Å². The molecule has 0 bridgehead atoms. The third-order valence-corrected chi connectivity index (χ3v) is 2.07. The van der Waals surface area contributed by atoms with Crippen LogP contribution in [0.5, 0.6) is 17.2 Å². The Morgan fingerprint density at radius 2 is 1.35 bits per heavy atom. The van der Waals surface area contributed by atoms with E-state index in [1.165, 1.54) is 6.92 Å². The second kappa shape index (κ2) is 5.16. The van der Waals surface area contributed by atoms with Gasteiger partial charge in [0.1, 0.15) is 11.5 Å². The maximum Gasteiger partial charge on any atom is 0.485 e. The molecule has 0 unspecified atom stereocenters. The molecule has 2 aromatic rings. The minimum Gasteiger partial charge on any atom is -0.457 e. The van der Waals surface area contributed by atoms with Crippen LogP contribution in [0.25, 0.3) is 0 Å². The third-order valence-electron chi connectivity index (χ3n) is 2.07. The summed E-state index contributed by atoms with van der Waals surface area (Å²) >= 11 is 0. The molecule has 0 atom stereocenters. The van der Waals surface area contributed by atoms with E-state index >= 15 is 0 Å². The van der Waals surface area contributed by atoms with Gasteiger partial charge in [0.05, 0.1) is 6.92 Å². The fourth-order valence-corrected chi connectivity index (χ4v) is 1.37. The highest BCUT2D eigenvalue weighted by molar-refractivity contribution is 5.70. The minimum atomic E-state index is -0.0817. The molecule has 0 aliphatic heterocycles. The van der Waals surface area contributed by atoms with Gasteiger partial charge in [-0.3, -0.25) is 4.74 Å². The number of hydrogen-bond acceptors (Lipinski definition) is 2. The molecule has 0 spiro atoms. The SMILES string of the molecule is CC(=[OH+])Oc1ccc(Oc2ccccc2)cc1. The summed E-state index contributed by atoms with van der Waals surface area (Å²) in [5.41, 5.74) is 0. The lowest BCUT2D eigenvalue weighted by Crippen LogP contribution is -2.01. The second-order valence-electron chi connectivity index (χ2n) is 3.51. The first kappa shape index (κ1) is 11.2. The zero-order chi connectivity index (χ0) is 12.1. The fraction of sp³-hybridized carbons (Fsp3) is 0.0714. The number of benzene rings is 2. The van der Waals surface area contributed by atoms with Crippen LogP contribution in [0.4, 0.5) is 0 Å². The van der Waals surface area contributed by atoms with Gasteiger partial charge in [0.15, 0.2) is 0 Å². The molecule has 2 aromatic carbocycles. The zero-order valence-corrected chi connectivity index (χ0v) is 9.46. The second-order valence-corrected chi connectivity index (χ2v) is 3.51. The molecule has 86 valence electrons. The molecule has 0 amide bonds. The lowest BCUT2D eigenvalue weighted by atomic mass is 10.3. The van der Waals surface area contributed by atoms with E-state index in [0.29, 0.717) is 5.75 Å². The Morgan fingerprint density at radius 3 is 1.94 bits per heavy atom. The Morgan fingerprint density at radius 1 is 0.824 bits per heavy atom. The summed E-state index contributed by atoms with van der Waals surface area (Å²) in [5.74, 6) is 2.00. The molecule has 0 aliphatic rings. The maximum absolute atomic E-state index is 8.97. The first-order chi connectivity index (χ1) is 8.24. The van der Waals surface area contributed by atoms with Crippen LogP contribution in [-0.4, -0.2) is 10.8 Å². The quantitative estimate of drug-likeness (QED) is 0.460. The zero-order valence-electron chi connectivity index (χ0n) is 9.46. The molecule has 0 aliphatic carbocycles. The Hall–Kier alpha value is -2.29. The summed E-state index contributed by atoms with van der Waals surface area (Å²) in [4.78, 5) is 8.97. The van der Waals surface area contributed by atoms with E-state index in [9.17, 15) is 0 Å². The number of para-hydroxylation sites is 1. The van der Waals surface area contributed by atoms with Crippen LogP contribution in [-0.2, 0) is 0 Å². The van der Waals surface area contributed by atoms with Gasteiger partial charge in [-0.25, -0.2) is 0 Å². The van der Waals surface area contributed by atoms with Crippen molar-refractivity contribution in [1.82, 2.24) is 0 Å². The van der Waals surface area contributed by atoms with Gasteiger partial charge in [0.25, 0.3) is 0 Å². The topological polar surface area (TPSA) is 39.9 Å². The molecule has 0 saturated carbocycles. The van der Waals surface area contributed by atoms with E-state index in [2.05, 4.69) is 0 Å². The molecule has 2 rings (SSSR count). The van der Waals surface area contributed by atoms with Crippen molar-refractivity contribution < 1.29 is 14.3 Å². The summed E-state index contributed by atoms with van der Waals surface area (Å²) < 4.78 is 10.6. The van der Waals surface area contributed by atoms with Crippen LogP contribution in [0, 0.1) is 0 Å². The Balaban J connectivity index is 2.06. The van der Waals surface area contributed by atoms with Crippen LogP contribution in [0.3, 0.4) is 0 Å². The van der Waals surface area contributed by atoms with E-state index in [1.807, 2.05) is 30.3 Å². The summed E-state index contributed by atoms with van der Waals surface area (Å²) in [6.45, 7) is 1.48. The normalized spacial score (nSPS) is 9.71. The molecule has 0 aromatic heterocycles. The monoisotopic (exact) mass is 229 g/mol. The predicted molar refractivity (Wildman–Crippen MR) is 66.2 cm³/mol. The highest BCUT2D eigenvalue weighted by Gasteiger charge is 2.07. The van der Waals surface area contributed by atoms with Crippen molar-refractivity contribution in [3.63, 3.8) is 0 Å².